The molecule has 0 aliphatic heterocycles. The van der Waals surface area contributed by atoms with E-state index in [1.165, 1.54) is 28.0 Å². The number of rotatable bonds is 6. The number of nitrogens with one attached hydrogen (secondary N) is 1. The highest BCUT2D eigenvalue weighted by Gasteiger charge is 2.16. The van der Waals surface area contributed by atoms with E-state index in [0.717, 1.165) is 13.0 Å². The lowest BCUT2D eigenvalue weighted by Crippen LogP contribution is -2.25. The topological polar surface area (TPSA) is 12.0 Å². The Morgan fingerprint density at radius 1 is 1.11 bits per heavy atom. The lowest BCUT2D eigenvalue weighted by atomic mass is 9.93. The summed E-state index contributed by atoms with van der Waals surface area (Å²) in [6.07, 6.45) is 2.26. The summed E-state index contributed by atoms with van der Waals surface area (Å²) in [5.41, 5.74) is 4.26. The fourth-order valence-electron chi connectivity index (χ4n) is 2.60. The first-order valence-corrected chi connectivity index (χ1v) is 7.92. The van der Waals surface area contributed by atoms with Crippen molar-refractivity contribution >= 4 is 11.3 Å². The van der Waals surface area contributed by atoms with Crippen LogP contribution in [0.4, 0.5) is 0 Å². The lowest BCUT2D eigenvalue weighted by Gasteiger charge is -2.22. The maximum Gasteiger partial charge on any atom is 0.0374 e. The summed E-state index contributed by atoms with van der Waals surface area (Å²) in [5, 5.41) is 5.88. The smallest absolute Gasteiger partial charge is 0.0374 e. The first-order valence-electron chi connectivity index (χ1n) is 7.04. The third-order valence-electron chi connectivity index (χ3n) is 3.52. The summed E-state index contributed by atoms with van der Waals surface area (Å²) in [4.78, 5) is 1.45. The molecule has 0 aliphatic rings. The zero-order chi connectivity index (χ0) is 13.7. The normalized spacial score (nSPS) is 12.6. The standard InChI is InChI=1S/C17H23NS/c1-4-10-18-16(12-15-9-6-11-19-15)17-13(2)7-5-8-14(17)3/h5-9,11,16,18H,4,10,12H2,1-3H3. The molecule has 0 fully saturated rings. The van der Waals surface area contributed by atoms with Crippen LogP contribution in [-0.4, -0.2) is 6.54 Å². The fraction of sp³-hybridized carbons (Fsp3) is 0.412. The SMILES string of the molecule is CCCNC(Cc1cccs1)c1c(C)cccc1C. The first-order chi connectivity index (χ1) is 9.22. The van der Waals surface area contributed by atoms with Gasteiger partial charge in [0.2, 0.25) is 0 Å². The maximum atomic E-state index is 3.71. The second-order valence-electron chi connectivity index (χ2n) is 5.10. The Labute approximate surface area is 120 Å². The molecule has 1 unspecified atom stereocenters. The highest BCUT2D eigenvalue weighted by Crippen LogP contribution is 2.26. The van der Waals surface area contributed by atoms with E-state index in [9.17, 15) is 0 Å². The van der Waals surface area contributed by atoms with Crippen LogP contribution in [0.1, 0.15) is 41.0 Å². The summed E-state index contributed by atoms with van der Waals surface area (Å²) in [7, 11) is 0. The van der Waals surface area contributed by atoms with E-state index in [1.807, 2.05) is 11.3 Å². The fourth-order valence-corrected chi connectivity index (χ4v) is 3.35. The number of hydrogen-bond acceptors (Lipinski definition) is 2. The molecule has 2 aromatic rings. The van der Waals surface area contributed by atoms with Gasteiger partial charge in [-0.1, -0.05) is 31.2 Å². The van der Waals surface area contributed by atoms with Crippen LogP contribution in [0, 0.1) is 13.8 Å². The summed E-state index contributed by atoms with van der Waals surface area (Å²) in [6.45, 7) is 7.73. The third kappa shape index (κ3) is 3.68. The average Bonchev–Trinajstić information content (AvgIpc) is 2.88. The third-order valence-corrected chi connectivity index (χ3v) is 4.42. The van der Waals surface area contributed by atoms with Gasteiger partial charge in [-0.05, 0) is 54.9 Å². The van der Waals surface area contributed by atoms with Crippen LogP contribution in [0.15, 0.2) is 35.7 Å². The summed E-state index contributed by atoms with van der Waals surface area (Å²) >= 11 is 1.85. The Bertz CT molecular complexity index is 482. The Balaban J connectivity index is 2.26. The first kappa shape index (κ1) is 14.3. The van der Waals surface area contributed by atoms with Crippen molar-refractivity contribution in [1.82, 2.24) is 5.32 Å². The van der Waals surface area contributed by atoms with Crippen molar-refractivity contribution in [2.45, 2.75) is 39.7 Å². The maximum absolute atomic E-state index is 3.71. The van der Waals surface area contributed by atoms with Crippen LogP contribution in [0.25, 0.3) is 0 Å². The Morgan fingerprint density at radius 2 is 1.84 bits per heavy atom. The molecule has 1 heterocycles. The molecule has 0 spiro atoms. The Kier molecular flexibility index (Phi) is 5.17. The molecule has 0 amide bonds. The van der Waals surface area contributed by atoms with Gasteiger partial charge in [0.1, 0.15) is 0 Å². The Hall–Kier alpha value is -1.12. The monoisotopic (exact) mass is 273 g/mol. The van der Waals surface area contributed by atoms with Crippen LogP contribution < -0.4 is 5.32 Å². The molecular formula is C17H23NS. The molecule has 0 radical (unpaired) electrons. The molecule has 2 rings (SSSR count). The number of thiophene rings is 1. The van der Waals surface area contributed by atoms with Gasteiger partial charge in [0.15, 0.2) is 0 Å². The average molecular weight is 273 g/mol. The quantitative estimate of drug-likeness (QED) is 0.808. The van der Waals surface area contributed by atoms with Gasteiger partial charge in [0.25, 0.3) is 0 Å². The highest BCUT2D eigenvalue weighted by atomic mass is 32.1. The van der Waals surface area contributed by atoms with E-state index in [1.54, 1.807) is 0 Å². The van der Waals surface area contributed by atoms with Gasteiger partial charge in [-0.3, -0.25) is 0 Å². The molecule has 102 valence electrons. The van der Waals surface area contributed by atoms with Crippen LogP contribution in [0.5, 0.6) is 0 Å². The molecule has 0 aliphatic carbocycles. The second kappa shape index (κ2) is 6.88. The molecule has 1 nitrogen and oxygen atoms in total. The van der Waals surface area contributed by atoms with Crippen LogP contribution in [-0.2, 0) is 6.42 Å². The minimum Gasteiger partial charge on any atom is -0.310 e. The summed E-state index contributed by atoms with van der Waals surface area (Å²) in [6, 6.07) is 11.4. The summed E-state index contributed by atoms with van der Waals surface area (Å²) < 4.78 is 0. The van der Waals surface area contributed by atoms with Crippen molar-refractivity contribution in [2.75, 3.05) is 6.54 Å². The van der Waals surface area contributed by atoms with Gasteiger partial charge in [-0.25, -0.2) is 0 Å². The van der Waals surface area contributed by atoms with Crippen molar-refractivity contribution in [1.29, 1.82) is 0 Å². The number of aryl methyl sites for hydroxylation is 2. The molecule has 1 aromatic heterocycles. The van der Waals surface area contributed by atoms with Crippen LogP contribution >= 0.6 is 11.3 Å². The van der Waals surface area contributed by atoms with Crippen molar-refractivity contribution in [3.05, 3.63) is 57.3 Å². The molecule has 0 bridgehead atoms. The molecule has 2 heteroatoms. The number of hydrogen-bond donors (Lipinski definition) is 1. The van der Waals surface area contributed by atoms with Gasteiger partial charge in [0.05, 0.1) is 0 Å². The molecule has 1 aromatic carbocycles. The molecule has 1 N–H and O–H groups in total. The van der Waals surface area contributed by atoms with Crippen LogP contribution in [0.2, 0.25) is 0 Å². The van der Waals surface area contributed by atoms with Gasteiger partial charge in [-0.15, -0.1) is 11.3 Å². The van der Waals surface area contributed by atoms with Gasteiger partial charge in [0, 0.05) is 17.3 Å². The van der Waals surface area contributed by atoms with E-state index < -0.39 is 0 Å². The van der Waals surface area contributed by atoms with Crippen molar-refractivity contribution in [3.8, 4) is 0 Å². The van der Waals surface area contributed by atoms with Gasteiger partial charge < -0.3 is 5.32 Å². The minimum atomic E-state index is 0.430. The van der Waals surface area contributed by atoms with E-state index in [4.69, 9.17) is 0 Å². The predicted octanol–water partition coefficient (Wildman–Crippen LogP) is 4.65. The second-order valence-corrected chi connectivity index (χ2v) is 6.13. The van der Waals surface area contributed by atoms with E-state index in [2.05, 4.69) is 61.8 Å². The molecule has 19 heavy (non-hydrogen) atoms. The molecule has 1 atom stereocenters. The van der Waals surface area contributed by atoms with Crippen molar-refractivity contribution < 1.29 is 0 Å². The highest BCUT2D eigenvalue weighted by molar-refractivity contribution is 7.09. The Morgan fingerprint density at radius 3 is 2.42 bits per heavy atom. The number of benzene rings is 1. The van der Waals surface area contributed by atoms with E-state index >= 15 is 0 Å². The van der Waals surface area contributed by atoms with Gasteiger partial charge >= 0.3 is 0 Å². The largest absolute Gasteiger partial charge is 0.310 e. The predicted molar refractivity (Wildman–Crippen MR) is 85.0 cm³/mol. The molecule has 0 saturated carbocycles. The molecular weight excluding hydrogens is 250 g/mol. The van der Waals surface area contributed by atoms with E-state index in [0.29, 0.717) is 6.04 Å². The van der Waals surface area contributed by atoms with Crippen molar-refractivity contribution in [2.24, 2.45) is 0 Å². The lowest BCUT2D eigenvalue weighted by molar-refractivity contribution is 0.528. The molecule has 0 saturated heterocycles. The van der Waals surface area contributed by atoms with E-state index in [-0.39, 0.29) is 0 Å². The zero-order valence-electron chi connectivity index (χ0n) is 12.1. The summed E-state index contributed by atoms with van der Waals surface area (Å²) in [5.74, 6) is 0. The van der Waals surface area contributed by atoms with Crippen LogP contribution in [0.3, 0.4) is 0 Å². The van der Waals surface area contributed by atoms with Crippen molar-refractivity contribution in [3.63, 3.8) is 0 Å². The minimum absolute atomic E-state index is 0.430. The van der Waals surface area contributed by atoms with Gasteiger partial charge in [-0.2, -0.15) is 0 Å². The zero-order valence-corrected chi connectivity index (χ0v) is 12.9.